The minimum atomic E-state index is -1.06. The first-order chi connectivity index (χ1) is 20.1. The molecule has 228 valence electrons. The molecule has 0 heterocycles. The third-order valence-corrected chi connectivity index (χ3v) is 8.53. The van der Waals surface area contributed by atoms with Crippen LogP contribution in [0.1, 0.15) is 102 Å². The first-order valence-corrected chi connectivity index (χ1v) is 15.4. The molecule has 1 aliphatic carbocycles. The first-order valence-electron chi connectivity index (χ1n) is 15.4. The normalized spacial score (nSPS) is 18.1. The molecule has 1 aliphatic rings. The lowest BCUT2D eigenvalue weighted by Crippen LogP contribution is -2.23. The summed E-state index contributed by atoms with van der Waals surface area (Å²) in [4.78, 5) is 24.5. The van der Waals surface area contributed by atoms with Gasteiger partial charge in [0.2, 0.25) is 0 Å². The van der Waals surface area contributed by atoms with Crippen LogP contribution >= 0.6 is 0 Å². The maximum atomic E-state index is 15.5. The average molecular weight is 579 g/mol. The smallest absolute Gasteiger partial charge is 0.336 e. The zero-order chi connectivity index (χ0) is 30.6. The lowest BCUT2D eigenvalue weighted by Gasteiger charge is -2.29. The first kappa shape index (κ1) is 33.3. The Kier molecular flexibility index (Phi) is 13.0. The highest BCUT2D eigenvalue weighted by molar-refractivity contribution is 5.89. The van der Waals surface area contributed by atoms with Gasteiger partial charge in [0.15, 0.2) is 0 Å². The minimum Gasteiger partial charge on any atom is -0.462 e. The van der Waals surface area contributed by atoms with Crippen molar-refractivity contribution in [3.8, 4) is 11.1 Å². The van der Waals surface area contributed by atoms with Crippen LogP contribution in [0, 0.1) is 11.7 Å². The second-order valence-electron chi connectivity index (χ2n) is 11.6. The number of ether oxygens (including phenoxy) is 2. The summed E-state index contributed by atoms with van der Waals surface area (Å²) in [6.07, 6.45) is 9.68. The number of aliphatic hydroxyl groups excluding tert-OH is 1. The Hall–Kier alpha value is -3.25. The fraction of sp³-hybridized carbons (Fsp3) is 0.500. The van der Waals surface area contributed by atoms with Gasteiger partial charge in [-0.2, -0.15) is 0 Å². The van der Waals surface area contributed by atoms with Gasteiger partial charge in [-0.05, 0) is 73.6 Å². The number of benzene rings is 2. The van der Waals surface area contributed by atoms with Crippen LogP contribution in [0.3, 0.4) is 0 Å². The van der Waals surface area contributed by atoms with Crippen LogP contribution in [0.25, 0.3) is 11.1 Å². The molecule has 0 spiro atoms. The van der Waals surface area contributed by atoms with E-state index in [2.05, 4.69) is 32.2 Å². The monoisotopic (exact) mass is 578 g/mol. The predicted octanol–water partition coefficient (Wildman–Crippen LogP) is 8.42. The molecule has 2 atom stereocenters. The molecule has 1 N–H and O–H groups in total. The fourth-order valence-corrected chi connectivity index (χ4v) is 5.52. The molecule has 2 aromatic rings. The Morgan fingerprint density at radius 2 is 1.60 bits per heavy atom. The number of unbranched alkanes of at least 4 members (excludes halogenated alkanes) is 2. The summed E-state index contributed by atoms with van der Waals surface area (Å²) in [7, 11) is 0. The molecule has 1 saturated carbocycles. The van der Waals surface area contributed by atoms with Crippen LogP contribution < -0.4 is 0 Å². The molecule has 0 radical (unpaired) electrons. The zero-order valence-electron chi connectivity index (χ0n) is 25.5. The Labute approximate surface area is 250 Å². The van der Waals surface area contributed by atoms with Crippen molar-refractivity contribution in [2.24, 2.45) is 5.92 Å². The van der Waals surface area contributed by atoms with Crippen LogP contribution in [-0.4, -0.2) is 36.4 Å². The van der Waals surface area contributed by atoms with E-state index in [0.717, 1.165) is 11.5 Å². The molecular formula is C36H47FO5. The van der Waals surface area contributed by atoms with Crippen molar-refractivity contribution >= 4 is 11.9 Å². The quantitative estimate of drug-likeness (QED) is 0.130. The summed E-state index contributed by atoms with van der Waals surface area (Å²) in [5.41, 5.74) is 3.33. The van der Waals surface area contributed by atoms with Crippen LogP contribution in [-0.2, 0) is 19.1 Å². The molecule has 2 unspecified atom stereocenters. The molecule has 0 saturated heterocycles. The highest BCUT2D eigenvalue weighted by Crippen LogP contribution is 2.38. The number of aliphatic hydroxyl groups is 1. The Bertz CT molecular complexity index is 1210. The number of hydrogen-bond donors (Lipinski definition) is 1. The SMILES string of the molecule is C=C(CC)C(=O)OCC(COC(=O)C(=C)C(C)O)c1ccc(-c2ccc(C3CCC(CCCCC)CC3)cc2)c(F)c1. The number of rotatable bonds is 15. The van der Waals surface area contributed by atoms with E-state index in [9.17, 15) is 14.7 Å². The highest BCUT2D eigenvalue weighted by atomic mass is 19.1. The van der Waals surface area contributed by atoms with Gasteiger partial charge in [-0.1, -0.05) is 89.1 Å². The maximum absolute atomic E-state index is 15.5. The van der Waals surface area contributed by atoms with Crippen molar-refractivity contribution in [2.45, 2.75) is 96.5 Å². The van der Waals surface area contributed by atoms with Crippen LogP contribution in [0.4, 0.5) is 4.39 Å². The summed E-state index contributed by atoms with van der Waals surface area (Å²) in [6, 6.07) is 13.1. The van der Waals surface area contributed by atoms with Gasteiger partial charge in [0.05, 0.1) is 17.6 Å². The molecule has 6 heteroatoms. The van der Waals surface area contributed by atoms with E-state index >= 15 is 4.39 Å². The van der Waals surface area contributed by atoms with Crippen molar-refractivity contribution in [3.05, 3.63) is 83.7 Å². The second-order valence-corrected chi connectivity index (χ2v) is 11.6. The van der Waals surface area contributed by atoms with Gasteiger partial charge in [-0.3, -0.25) is 0 Å². The lowest BCUT2D eigenvalue weighted by molar-refractivity contribution is -0.143. The minimum absolute atomic E-state index is 0.0879. The Morgan fingerprint density at radius 1 is 0.952 bits per heavy atom. The largest absolute Gasteiger partial charge is 0.462 e. The van der Waals surface area contributed by atoms with Gasteiger partial charge in [0.1, 0.15) is 19.0 Å². The third kappa shape index (κ3) is 9.38. The maximum Gasteiger partial charge on any atom is 0.336 e. The summed E-state index contributed by atoms with van der Waals surface area (Å²) in [6.45, 7) is 12.4. The van der Waals surface area contributed by atoms with Gasteiger partial charge in [0.25, 0.3) is 0 Å². The fourth-order valence-electron chi connectivity index (χ4n) is 5.52. The van der Waals surface area contributed by atoms with Crippen LogP contribution in [0.2, 0.25) is 0 Å². The summed E-state index contributed by atoms with van der Waals surface area (Å²) in [5, 5.41) is 9.62. The summed E-state index contributed by atoms with van der Waals surface area (Å²) < 4.78 is 26.2. The van der Waals surface area contributed by atoms with E-state index in [-0.39, 0.29) is 18.8 Å². The number of esters is 2. The standard InChI is InChI=1S/C36H47FO5/c1-6-8-9-10-27-11-13-28(14-12-27)29-15-17-30(18-16-29)33-20-19-31(21-34(33)37)32(22-41-35(39)24(3)7-2)23-42-36(40)25(4)26(5)38/h15-21,26-28,32,38H,3-4,6-14,22-23H2,1-2,5H3. The van der Waals surface area contributed by atoms with Crippen molar-refractivity contribution in [2.75, 3.05) is 13.2 Å². The second kappa shape index (κ2) is 16.4. The summed E-state index contributed by atoms with van der Waals surface area (Å²) in [5.74, 6) is -0.924. The molecular weight excluding hydrogens is 531 g/mol. The van der Waals surface area contributed by atoms with E-state index in [1.807, 2.05) is 12.1 Å². The van der Waals surface area contributed by atoms with Crippen molar-refractivity contribution < 1.29 is 28.6 Å². The third-order valence-electron chi connectivity index (χ3n) is 8.53. The Balaban J connectivity index is 1.69. The molecule has 3 rings (SSSR count). The number of halogens is 1. The molecule has 0 amide bonds. The van der Waals surface area contributed by atoms with Gasteiger partial charge in [0, 0.05) is 11.1 Å². The van der Waals surface area contributed by atoms with E-state index in [0.29, 0.717) is 29.0 Å². The van der Waals surface area contributed by atoms with Gasteiger partial charge < -0.3 is 14.6 Å². The molecule has 2 aromatic carbocycles. The lowest BCUT2D eigenvalue weighted by atomic mass is 9.77. The topological polar surface area (TPSA) is 72.8 Å². The molecule has 0 bridgehead atoms. The van der Waals surface area contributed by atoms with Crippen LogP contribution in [0.15, 0.2) is 66.8 Å². The van der Waals surface area contributed by atoms with Gasteiger partial charge in [-0.25, -0.2) is 14.0 Å². The van der Waals surface area contributed by atoms with Crippen molar-refractivity contribution in [3.63, 3.8) is 0 Å². The zero-order valence-corrected chi connectivity index (χ0v) is 25.5. The predicted molar refractivity (Wildman–Crippen MR) is 166 cm³/mol. The molecule has 1 fully saturated rings. The van der Waals surface area contributed by atoms with E-state index < -0.39 is 29.8 Å². The Morgan fingerprint density at radius 3 is 2.17 bits per heavy atom. The van der Waals surface area contributed by atoms with E-state index in [4.69, 9.17) is 9.47 Å². The van der Waals surface area contributed by atoms with Gasteiger partial charge in [-0.15, -0.1) is 0 Å². The number of hydrogen-bond acceptors (Lipinski definition) is 5. The van der Waals surface area contributed by atoms with Crippen molar-refractivity contribution in [1.29, 1.82) is 0 Å². The molecule has 5 nitrogen and oxygen atoms in total. The molecule has 0 aliphatic heterocycles. The molecule has 0 aromatic heterocycles. The van der Waals surface area contributed by atoms with Crippen LogP contribution in [0.5, 0.6) is 0 Å². The summed E-state index contributed by atoms with van der Waals surface area (Å²) >= 11 is 0. The number of carbonyl (C=O) groups is 2. The number of carbonyl (C=O) groups excluding carboxylic acids is 2. The molecule has 42 heavy (non-hydrogen) atoms. The highest BCUT2D eigenvalue weighted by Gasteiger charge is 2.23. The van der Waals surface area contributed by atoms with E-state index in [1.165, 1.54) is 69.9 Å². The van der Waals surface area contributed by atoms with Crippen molar-refractivity contribution in [1.82, 2.24) is 0 Å². The van der Waals surface area contributed by atoms with E-state index in [1.54, 1.807) is 19.1 Å². The van der Waals surface area contributed by atoms with Gasteiger partial charge >= 0.3 is 11.9 Å². The average Bonchev–Trinajstić information content (AvgIpc) is 3.00.